The molecule has 0 fully saturated rings. The Labute approximate surface area is 80.1 Å². The van der Waals surface area contributed by atoms with Gasteiger partial charge in [-0.25, -0.2) is 0 Å². The van der Waals surface area contributed by atoms with Crippen LogP contribution in [0.25, 0.3) is 0 Å². The smallest absolute Gasteiger partial charge is 0.0390 e. The zero-order valence-electron chi connectivity index (χ0n) is 8.65. The molecule has 0 radical (unpaired) electrons. The Morgan fingerprint density at radius 3 is 2.23 bits per heavy atom. The van der Waals surface area contributed by atoms with Crippen molar-refractivity contribution in [2.75, 3.05) is 18.1 Å². The molecule has 0 heterocycles. The first-order valence-electron chi connectivity index (χ1n) is 4.81. The fourth-order valence-electron chi connectivity index (χ4n) is 1.54. The second-order valence-corrected chi connectivity index (χ2v) is 3.17. The highest BCUT2D eigenvalue weighted by molar-refractivity contribution is 5.63. The molecule has 0 saturated carbocycles. The molecule has 0 spiro atoms. The molecular weight excluding hydrogens is 160 g/mol. The molecule has 0 aliphatic rings. The van der Waals surface area contributed by atoms with Gasteiger partial charge in [-0.3, -0.25) is 0 Å². The summed E-state index contributed by atoms with van der Waals surface area (Å²) < 4.78 is 0. The van der Waals surface area contributed by atoms with Crippen molar-refractivity contribution in [2.45, 2.75) is 26.7 Å². The highest BCUT2D eigenvalue weighted by Gasteiger charge is 2.03. The molecule has 0 aliphatic heterocycles. The maximum absolute atomic E-state index is 5.89. The van der Waals surface area contributed by atoms with Crippen LogP contribution in [-0.2, 0) is 12.8 Å². The zero-order valence-corrected chi connectivity index (χ0v) is 8.65. The minimum Gasteiger partial charge on any atom is -0.398 e. The van der Waals surface area contributed by atoms with Crippen LogP contribution in [0.3, 0.4) is 0 Å². The lowest BCUT2D eigenvalue weighted by atomic mass is 10.0. The summed E-state index contributed by atoms with van der Waals surface area (Å²) in [5, 5.41) is 3.16. The number of rotatable bonds is 3. The largest absolute Gasteiger partial charge is 0.398 e. The van der Waals surface area contributed by atoms with Gasteiger partial charge in [0.1, 0.15) is 0 Å². The Kier molecular flexibility index (Phi) is 3.18. The molecule has 3 N–H and O–H groups in total. The van der Waals surface area contributed by atoms with Crippen LogP contribution >= 0.6 is 0 Å². The Bertz CT molecular complexity index is 292. The quantitative estimate of drug-likeness (QED) is 0.698. The lowest BCUT2D eigenvalue weighted by Crippen LogP contribution is -2.00. The highest BCUT2D eigenvalue weighted by atomic mass is 14.8. The van der Waals surface area contributed by atoms with Gasteiger partial charge in [-0.05, 0) is 30.0 Å². The van der Waals surface area contributed by atoms with Gasteiger partial charge < -0.3 is 11.1 Å². The van der Waals surface area contributed by atoms with Crippen LogP contribution in [0.15, 0.2) is 12.1 Å². The van der Waals surface area contributed by atoms with E-state index < -0.39 is 0 Å². The van der Waals surface area contributed by atoms with Crippen LogP contribution in [0.2, 0.25) is 0 Å². The van der Waals surface area contributed by atoms with Crippen molar-refractivity contribution in [3.63, 3.8) is 0 Å². The number of nitrogens with one attached hydrogen (secondary N) is 1. The first kappa shape index (κ1) is 9.90. The molecule has 2 heteroatoms. The van der Waals surface area contributed by atoms with E-state index >= 15 is 0 Å². The van der Waals surface area contributed by atoms with E-state index in [9.17, 15) is 0 Å². The molecule has 0 saturated heterocycles. The topological polar surface area (TPSA) is 38.0 Å². The van der Waals surface area contributed by atoms with Crippen LogP contribution in [0, 0.1) is 0 Å². The number of benzene rings is 1. The molecule has 0 aliphatic carbocycles. The monoisotopic (exact) mass is 178 g/mol. The number of hydrogen-bond acceptors (Lipinski definition) is 2. The fourth-order valence-corrected chi connectivity index (χ4v) is 1.54. The fraction of sp³-hybridized carbons (Fsp3) is 0.455. The molecule has 2 nitrogen and oxygen atoms in total. The van der Waals surface area contributed by atoms with Gasteiger partial charge in [0, 0.05) is 18.4 Å². The SMILES string of the molecule is CCc1cc(CC)c(NC)cc1N. The Morgan fingerprint density at radius 1 is 1.15 bits per heavy atom. The van der Waals surface area contributed by atoms with Gasteiger partial charge in [0.15, 0.2) is 0 Å². The van der Waals surface area contributed by atoms with Crippen LogP contribution in [-0.4, -0.2) is 7.05 Å². The number of anilines is 2. The van der Waals surface area contributed by atoms with Crippen LogP contribution in [0.5, 0.6) is 0 Å². The Hall–Kier alpha value is -1.18. The van der Waals surface area contributed by atoms with Gasteiger partial charge in [0.25, 0.3) is 0 Å². The number of nitrogen functional groups attached to an aromatic ring is 1. The van der Waals surface area contributed by atoms with Crippen molar-refractivity contribution in [3.8, 4) is 0 Å². The first-order chi connectivity index (χ1) is 6.22. The summed E-state index contributed by atoms with van der Waals surface area (Å²) in [7, 11) is 1.93. The standard InChI is InChI=1S/C11H18N2/c1-4-8-6-9(5-2)11(13-3)7-10(8)12/h6-7,13H,4-5,12H2,1-3H3. The summed E-state index contributed by atoms with van der Waals surface area (Å²) in [4.78, 5) is 0. The Morgan fingerprint density at radius 2 is 1.77 bits per heavy atom. The second-order valence-electron chi connectivity index (χ2n) is 3.17. The van der Waals surface area contributed by atoms with Crippen molar-refractivity contribution in [1.82, 2.24) is 0 Å². The van der Waals surface area contributed by atoms with E-state index in [1.807, 2.05) is 13.1 Å². The summed E-state index contributed by atoms with van der Waals surface area (Å²) in [5.74, 6) is 0. The van der Waals surface area contributed by atoms with Crippen molar-refractivity contribution in [2.24, 2.45) is 0 Å². The van der Waals surface area contributed by atoms with Gasteiger partial charge >= 0.3 is 0 Å². The molecule has 0 amide bonds. The minimum atomic E-state index is 0.893. The van der Waals surface area contributed by atoms with E-state index in [1.54, 1.807) is 0 Å². The van der Waals surface area contributed by atoms with E-state index in [0.29, 0.717) is 0 Å². The number of nitrogens with two attached hydrogens (primary N) is 1. The normalized spacial score (nSPS) is 10.1. The maximum Gasteiger partial charge on any atom is 0.0390 e. The Balaban J connectivity index is 3.18. The second kappa shape index (κ2) is 4.17. The van der Waals surface area contributed by atoms with Crippen molar-refractivity contribution in [1.29, 1.82) is 0 Å². The molecule has 1 aromatic rings. The van der Waals surface area contributed by atoms with Gasteiger partial charge in [-0.15, -0.1) is 0 Å². The summed E-state index contributed by atoms with van der Waals surface area (Å²) >= 11 is 0. The van der Waals surface area contributed by atoms with Crippen LogP contribution in [0.4, 0.5) is 11.4 Å². The predicted molar refractivity (Wildman–Crippen MR) is 59.2 cm³/mol. The zero-order chi connectivity index (χ0) is 9.84. The average Bonchev–Trinajstić information content (AvgIpc) is 2.17. The van der Waals surface area contributed by atoms with Crippen molar-refractivity contribution >= 4 is 11.4 Å². The molecule has 0 aromatic heterocycles. The maximum atomic E-state index is 5.89. The third-order valence-corrected chi connectivity index (χ3v) is 2.40. The van der Waals surface area contributed by atoms with E-state index in [0.717, 1.165) is 24.2 Å². The molecule has 72 valence electrons. The average molecular weight is 178 g/mol. The van der Waals surface area contributed by atoms with Gasteiger partial charge in [-0.1, -0.05) is 19.9 Å². The summed E-state index contributed by atoms with van der Waals surface area (Å²) in [5.41, 5.74) is 10.5. The van der Waals surface area contributed by atoms with E-state index in [4.69, 9.17) is 5.73 Å². The molecule has 1 rings (SSSR count). The first-order valence-corrected chi connectivity index (χ1v) is 4.81. The van der Waals surface area contributed by atoms with E-state index in [1.165, 1.54) is 11.1 Å². The van der Waals surface area contributed by atoms with Gasteiger partial charge in [-0.2, -0.15) is 0 Å². The summed E-state index contributed by atoms with van der Waals surface area (Å²) in [6, 6.07) is 4.22. The molecule has 13 heavy (non-hydrogen) atoms. The third-order valence-electron chi connectivity index (χ3n) is 2.40. The molecule has 0 unspecified atom stereocenters. The third kappa shape index (κ3) is 1.94. The highest BCUT2D eigenvalue weighted by Crippen LogP contribution is 2.23. The van der Waals surface area contributed by atoms with Crippen LogP contribution in [0.1, 0.15) is 25.0 Å². The van der Waals surface area contributed by atoms with E-state index in [-0.39, 0.29) is 0 Å². The van der Waals surface area contributed by atoms with Gasteiger partial charge in [0.05, 0.1) is 0 Å². The number of hydrogen-bond donors (Lipinski definition) is 2. The summed E-state index contributed by atoms with van der Waals surface area (Å²) in [6.45, 7) is 4.29. The molecular formula is C11H18N2. The van der Waals surface area contributed by atoms with Crippen molar-refractivity contribution < 1.29 is 0 Å². The van der Waals surface area contributed by atoms with E-state index in [2.05, 4.69) is 25.2 Å². The number of aryl methyl sites for hydroxylation is 2. The van der Waals surface area contributed by atoms with Gasteiger partial charge in [0.2, 0.25) is 0 Å². The minimum absolute atomic E-state index is 0.893. The molecule has 0 atom stereocenters. The van der Waals surface area contributed by atoms with Crippen LogP contribution < -0.4 is 11.1 Å². The predicted octanol–water partition coefficient (Wildman–Crippen LogP) is 2.44. The molecule has 1 aromatic carbocycles. The summed E-state index contributed by atoms with van der Waals surface area (Å²) in [6.07, 6.45) is 2.05. The van der Waals surface area contributed by atoms with Crippen molar-refractivity contribution in [3.05, 3.63) is 23.3 Å². The molecule has 0 bridgehead atoms. The lowest BCUT2D eigenvalue weighted by Gasteiger charge is -2.11. The lowest BCUT2D eigenvalue weighted by molar-refractivity contribution is 1.09.